The van der Waals surface area contributed by atoms with Gasteiger partial charge in [-0.25, -0.2) is 0 Å². The van der Waals surface area contributed by atoms with Gasteiger partial charge in [-0.2, -0.15) is 0 Å². The molecule has 0 bridgehead atoms. The molecular weight excluding hydrogens is 298 g/mol. The number of thiocarbonyl (C=S) groups is 1. The van der Waals surface area contributed by atoms with Crippen molar-refractivity contribution in [3.05, 3.63) is 41.8 Å². The topological polar surface area (TPSA) is 74.0 Å². The number of nitrogens with zero attached hydrogens (tertiary/aromatic N) is 2. The molecule has 22 heavy (non-hydrogen) atoms. The molecule has 2 aliphatic rings. The molecule has 0 saturated heterocycles. The molecule has 2 aliphatic carbocycles. The highest BCUT2D eigenvalue weighted by atomic mass is 32.1. The first-order valence-corrected chi connectivity index (χ1v) is 7.83. The maximum Gasteiger partial charge on any atom is 0.218 e. The third kappa shape index (κ3) is 2.92. The van der Waals surface area contributed by atoms with Crippen LogP contribution in [-0.2, 0) is 4.79 Å². The first kappa shape index (κ1) is 14.8. The number of rotatable bonds is 2. The van der Waals surface area contributed by atoms with Gasteiger partial charge < -0.3 is 10.4 Å². The zero-order valence-corrected chi connectivity index (χ0v) is 12.8. The SMILES string of the molecule is O=C1C(N=NC(=S)Nc2ccccc2)=C(O)C2CCCCC12. The average molecular weight is 315 g/mol. The molecular formula is C16H17N3O2S. The van der Waals surface area contributed by atoms with Gasteiger partial charge in [0.1, 0.15) is 5.76 Å². The van der Waals surface area contributed by atoms with Gasteiger partial charge in [0.15, 0.2) is 11.5 Å². The van der Waals surface area contributed by atoms with Crippen LogP contribution in [0.3, 0.4) is 0 Å². The van der Waals surface area contributed by atoms with E-state index in [-0.39, 0.29) is 34.2 Å². The van der Waals surface area contributed by atoms with E-state index in [4.69, 9.17) is 12.2 Å². The molecule has 0 amide bonds. The Morgan fingerprint density at radius 2 is 1.86 bits per heavy atom. The molecule has 1 aromatic rings. The number of benzene rings is 1. The number of ketones is 1. The first-order valence-electron chi connectivity index (χ1n) is 7.42. The molecule has 1 aromatic carbocycles. The van der Waals surface area contributed by atoms with Crippen LogP contribution in [0.4, 0.5) is 5.69 Å². The van der Waals surface area contributed by atoms with Gasteiger partial charge in [0.25, 0.3) is 0 Å². The number of Topliss-reactive ketones (excluding diaryl/α,β-unsaturated/α-hetero) is 1. The number of aliphatic hydroxyl groups excluding tert-OH is 1. The zero-order valence-electron chi connectivity index (χ0n) is 12.0. The molecule has 3 rings (SSSR count). The van der Waals surface area contributed by atoms with Gasteiger partial charge in [0.05, 0.1) is 0 Å². The normalized spacial score (nSPS) is 24.6. The minimum absolute atomic E-state index is 0.0779. The third-order valence-electron chi connectivity index (χ3n) is 4.20. The van der Waals surface area contributed by atoms with Gasteiger partial charge in [-0.3, -0.25) is 4.79 Å². The molecule has 1 fully saturated rings. The minimum atomic E-state index is -0.127. The van der Waals surface area contributed by atoms with Crippen molar-refractivity contribution in [1.29, 1.82) is 0 Å². The fourth-order valence-corrected chi connectivity index (χ4v) is 3.27. The standard InChI is InChI=1S/C16H17N3O2S/c20-14-11-8-4-5-9-12(11)15(21)13(14)18-19-16(22)17-10-6-2-1-3-7-10/h1-3,6-7,11-12,20H,4-5,8-9H2,(H,17,22). The van der Waals surface area contributed by atoms with Crippen LogP contribution in [-0.4, -0.2) is 16.0 Å². The van der Waals surface area contributed by atoms with E-state index in [0.717, 1.165) is 31.4 Å². The number of aliphatic hydroxyl groups is 1. The van der Waals surface area contributed by atoms with E-state index >= 15 is 0 Å². The second-order valence-electron chi connectivity index (χ2n) is 5.59. The Bertz CT molecular complexity index is 655. The molecule has 0 aromatic heterocycles. The number of hydrogen-bond donors (Lipinski definition) is 2. The van der Waals surface area contributed by atoms with Gasteiger partial charge >= 0.3 is 0 Å². The van der Waals surface area contributed by atoms with Crippen molar-refractivity contribution in [2.75, 3.05) is 5.32 Å². The molecule has 0 radical (unpaired) electrons. The van der Waals surface area contributed by atoms with Crippen molar-refractivity contribution in [2.24, 2.45) is 22.1 Å². The molecule has 1 saturated carbocycles. The summed E-state index contributed by atoms with van der Waals surface area (Å²) in [7, 11) is 0. The molecule has 0 spiro atoms. The van der Waals surface area contributed by atoms with Gasteiger partial charge in [-0.15, -0.1) is 10.2 Å². The summed E-state index contributed by atoms with van der Waals surface area (Å²) in [6.07, 6.45) is 3.72. The summed E-state index contributed by atoms with van der Waals surface area (Å²) in [5.74, 6) is -0.223. The lowest BCUT2D eigenvalue weighted by Crippen LogP contribution is -2.21. The van der Waals surface area contributed by atoms with E-state index in [9.17, 15) is 9.90 Å². The van der Waals surface area contributed by atoms with Gasteiger partial charge in [0, 0.05) is 17.5 Å². The third-order valence-corrected chi connectivity index (χ3v) is 4.38. The number of azo groups is 1. The Morgan fingerprint density at radius 3 is 2.55 bits per heavy atom. The quantitative estimate of drug-likeness (QED) is 0.639. The number of allylic oxidation sites excluding steroid dienone is 2. The lowest BCUT2D eigenvalue weighted by Gasteiger charge is -2.23. The zero-order chi connectivity index (χ0) is 15.5. The monoisotopic (exact) mass is 315 g/mol. The maximum atomic E-state index is 12.3. The fraction of sp³-hybridized carbons (Fsp3) is 0.375. The largest absolute Gasteiger partial charge is 0.510 e. The molecule has 0 heterocycles. The Hall–Kier alpha value is -2.08. The van der Waals surface area contributed by atoms with Crippen LogP contribution in [0, 0.1) is 11.8 Å². The van der Waals surface area contributed by atoms with Crippen molar-refractivity contribution >= 4 is 28.8 Å². The van der Waals surface area contributed by atoms with Crippen molar-refractivity contribution in [1.82, 2.24) is 0 Å². The molecule has 5 nitrogen and oxygen atoms in total. The van der Waals surface area contributed by atoms with Crippen molar-refractivity contribution in [2.45, 2.75) is 25.7 Å². The van der Waals surface area contributed by atoms with Gasteiger partial charge in [-0.1, -0.05) is 31.0 Å². The lowest BCUT2D eigenvalue weighted by molar-refractivity contribution is -0.120. The highest BCUT2D eigenvalue weighted by Gasteiger charge is 2.43. The van der Waals surface area contributed by atoms with E-state index < -0.39 is 0 Å². The summed E-state index contributed by atoms with van der Waals surface area (Å²) < 4.78 is 0. The van der Waals surface area contributed by atoms with Crippen LogP contribution >= 0.6 is 12.2 Å². The molecule has 2 atom stereocenters. The second-order valence-corrected chi connectivity index (χ2v) is 5.98. The average Bonchev–Trinajstić information content (AvgIpc) is 2.78. The Labute approximate surface area is 134 Å². The van der Waals surface area contributed by atoms with Crippen LogP contribution in [0.25, 0.3) is 0 Å². The van der Waals surface area contributed by atoms with Crippen LogP contribution in [0.5, 0.6) is 0 Å². The second kappa shape index (κ2) is 6.36. The number of para-hydroxylation sites is 1. The van der Waals surface area contributed by atoms with Crippen LogP contribution in [0.15, 0.2) is 52.0 Å². The predicted molar refractivity (Wildman–Crippen MR) is 87.6 cm³/mol. The summed E-state index contributed by atoms with van der Waals surface area (Å²) in [4.78, 5) is 12.3. The molecule has 2 unspecified atom stereocenters. The minimum Gasteiger partial charge on any atom is -0.510 e. The predicted octanol–water partition coefficient (Wildman–Crippen LogP) is 3.99. The Morgan fingerprint density at radius 1 is 1.18 bits per heavy atom. The molecule has 2 N–H and O–H groups in total. The van der Waals surface area contributed by atoms with E-state index in [1.165, 1.54) is 0 Å². The van der Waals surface area contributed by atoms with Crippen molar-refractivity contribution in [3.63, 3.8) is 0 Å². The van der Waals surface area contributed by atoms with Crippen LogP contribution in [0.1, 0.15) is 25.7 Å². The van der Waals surface area contributed by atoms with Gasteiger partial charge in [-0.05, 0) is 37.2 Å². The molecule has 0 aliphatic heterocycles. The van der Waals surface area contributed by atoms with E-state index in [1.54, 1.807) is 0 Å². The summed E-state index contributed by atoms with van der Waals surface area (Å²) in [5, 5.41) is 21.0. The van der Waals surface area contributed by atoms with Crippen molar-refractivity contribution in [3.8, 4) is 0 Å². The lowest BCUT2D eigenvalue weighted by atomic mass is 9.80. The van der Waals surface area contributed by atoms with Crippen LogP contribution < -0.4 is 5.32 Å². The van der Waals surface area contributed by atoms with E-state index in [1.807, 2.05) is 30.3 Å². The highest BCUT2D eigenvalue weighted by Crippen LogP contribution is 2.42. The first-order chi connectivity index (χ1) is 10.7. The van der Waals surface area contributed by atoms with Gasteiger partial charge in [0.2, 0.25) is 5.11 Å². The highest BCUT2D eigenvalue weighted by molar-refractivity contribution is 7.80. The summed E-state index contributed by atoms with van der Waals surface area (Å²) in [5.41, 5.74) is 0.880. The number of fused-ring (bicyclic) bond motifs is 1. The Balaban J connectivity index is 1.70. The number of nitrogens with one attached hydrogen (secondary N) is 1. The summed E-state index contributed by atoms with van der Waals surface area (Å²) >= 11 is 5.09. The van der Waals surface area contributed by atoms with E-state index in [0.29, 0.717) is 0 Å². The number of carbonyl (C=O) groups excluding carboxylic acids is 1. The smallest absolute Gasteiger partial charge is 0.218 e. The maximum absolute atomic E-state index is 12.3. The molecule has 114 valence electrons. The summed E-state index contributed by atoms with van der Waals surface area (Å²) in [6.45, 7) is 0. The number of carbonyl (C=O) groups is 1. The summed E-state index contributed by atoms with van der Waals surface area (Å²) in [6, 6.07) is 9.36. The number of anilines is 1. The fourth-order valence-electron chi connectivity index (χ4n) is 3.12. The Kier molecular flexibility index (Phi) is 4.29. The number of hydrogen-bond acceptors (Lipinski definition) is 4. The molecule has 6 heteroatoms. The van der Waals surface area contributed by atoms with Crippen LogP contribution in [0.2, 0.25) is 0 Å². The van der Waals surface area contributed by atoms with Crippen molar-refractivity contribution < 1.29 is 9.90 Å². The van der Waals surface area contributed by atoms with E-state index in [2.05, 4.69) is 15.5 Å².